The zero-order valence-electron chi connectivity index (χ0n) is 17.2. The van der Waals surface area contributed by atoms with Crippen molar-refractivity contribution in [2.24, 2.45) is 5.41 Å². The van der Waals surface area contributed by atoms with E-state index in [0.717, 1.165) is 0 Å². The van der Waals surface area contributed by atoms with Gasteiger partial charge in [-0.2, -0.15) is 0 Å². The van der Waals surface area contributed by atoms with Gasteiger partial charge < -0.3 is 28.4 Å². The first-order valence-corrected chi connectivity index (χ1v) is 9.80. The molecule has 0 aliphatic carbocycles. The summed E-state index contributed by atoms with van der Waals surface area (Å²) in [6.45, 7) is 6.03. The molecule has 9 nitrogen and oxygen atoms in total. The molecule has 30 heavy (non-hydrogen) atoms. The monoisotopic (exact) mass is 422 g/mol. The molecule has 3 rings (SSSR count). The van der Waals surface area contributed by atoms with E-state index in [4.69, 9.17) is 28.4 Å². The maximum absolute atomic E-state index is 12.1. The molecule has 0 radical (unpaired) electrons. The van der Waals surface area contributed by atoms with Crippen molar-refractivity contribution >= 4 is 18.1 Å². The van der Waals surface area contributed by atoms with Crippen LogP contribution >= 0.6 is 0 Å². The molecule has 2 saturated heterocycles. The quantitative estimate of drug-likeness (QED) is 0.276. The predicted molar refractivity (Wildman–Crippen MR) is 102 cm³/mol. The van der Waals surface area contributed by atoms with Crippen LogP contribution in [0.3, 0.4) is 0 Å². The van der Waals surface area contributed by atoms with E-state index in [2.05, 4.69) is 0 Å². The molecule has 3 aliphatic heterocycles. The van der Waals surface area contributed by atoms with Gasteiger partial charge in [-0.25, -0.2) is 14.4 Å². The topological polar surface area (TPSA) is 107 Å². The van der Waals surface area contributed by atoms with Crippen LogP contribution < -0.4 is 0 Å². The average Bonchev–Trinajstić information content (AvgIpc) is 3.13. The fourth-order valence-electron chi connectivity index (χ4n) is 3.37. The van der Waals surface area contributed by atoms with Crippen molar-refractivity contribution in [3.8, 4) is 0 Å². The number of rotatable bonds is 6. The molecule has 3 aliphatic rings. The average molecular weight is 422 g/mol. The summed E-state index contributed by atoms with van der Waals surface area (Å²) < 4.78 is 32.4. The Kier molecular flexibility index (Phi) is 6.62. The van der Waals surface area contributed by atoms with Gasteiger partial charge in [-0.3, -0.25) is 0 Å². The van der Waals surface area contributed by atoms with Crippen LogP contribution in [-0.4, -0.2) is 62.0 Å². The van der Waals surface area contributed by atoms with E-state index in [-0.39, 0.29) is 26.2 Å². The highest BCUT2D eigenvalue weighted by Gasteiger charge is 2.50. The second kappa shape index (κ2) is 9.01. The molecule has 0 saturated carbocycles. The number of ether oxygens (including phenoxy) is 6. The molecule has 2 fully saturated rings. The van der Waals surface area contributed by atoms with Gasteiger partial charge >= 0.3 is 18.1 Å². The standard InChI is InChI=1S/C21H26O9/c1-4-25-17(22)7-5-6-10-21(12-26-20(2,3)27-13-21)16-11-15(29-19(24)30-16)14-8-9-18(23)28-14/h5-10,14-16H,4,11-13H2,1-3H3/b7-5+,10-6+/t14?,15-,16+/m0/s1. The first-order chi connectivity index (χ1) is 14.2. The molecule has 0 amide bonds. The first-order valence-electron chi connectivity index (χ1n) is 9.80. The fourth-order valence-corrected chi connectivity index (χ4v) is 3.37. The number of hydrogen-bond donors (Lipinski definition) is 0. The van der Waals surface area contributed by atoms with E-state index in [0.29, 0.717) is 0 Å². The van der Waals surface area contributed by atoms with E-state index in [9.17, 15) is 14.4 Å². The van der Waals surface area contributed by atoms with Crippen LogP contribution in [0.1, 0.15) is 27.2 Å². The van der Waals surface area contributed by atoms with Gasteiger partial charge in [0.25, 0.3) is 0 Å². The van der Waals surface area contributed by atoms with E-state index in [1.165, 1.54) is 12.2 Å². The van der Waals surface area contributed by atoms with Crippen LogP contribution in [0.15, 0.2) is 36.5 Å². The van der Waals surface area contributed by atoms with Crippen LogP contribution in [0.25, 0.3) is 0 Å². The van der Waals surface area contributed by atoms with Gasteiger partial charge in [-0.15, -0.1) is 0 Å². The maximum atomic E-state index is 12.1. The second-order valence-corrected chi connectivity index (χ2v) is 7.69. The second-order valence-electron chi connectivity index (χ2n) is 7.69. The van der Waals surface area contributed by atoms with Gasteiger partial charge in [0.2, 0.25) is 0 Å². The smallest absolute Gasteiger partial charge is 0.463 e. The zero-order chi connectivity index (χ0) is 21.8. The van der Waals surface area contributed by atoms with Crippen molar-refractivity contribution in [3.05, 3.63) is 36.5 Å². The lowest BCUT2D eigenvalue weighted by Crippen LogP contribution is -2.56. The third kappa shape index (κ3) is 5.28. The van der Waals surface area contributed by atoms with Gasteiger partial charge in [-0.05, 0) is 26.8 Å². The van der Waals surface area contributed by atoms with Crippen LogP contribution in [0, 0.1) is 5.41 Å². The molecule has 0 spiro atoms. The van der Waals surface area contributed by atoms with Crippen molar-refractivity contribution in [3.63, 3.8) is 0 Å². The zero-order valence-corrected chi connectivity index (χ0v) is 17.2. The van der Waals surface area contributed by atoms with E-state index < -0.39 is 47.6 Å². The number of cyclic esters (lactones) is 3. The molecule has 0 N–H and O–H groups in total. The summed E-state index contributed by atoms with van der Waals surface area (Å²) in [5.74, 6) is -1.72. The Morgan fingerprint density at radius 3 is 2.53 bits per heavy atom. The van der Waals surface area contributed by atoms with Gasteiger partial charge in [0.1, 0.15) is 12.2 Å². The number of esters is 2. The summed E-state index contributed by atoms with van der Waals surface area (Å²) in [6.07, 6.45) is 6.56. The number of carbonyl (C=O) groups excluding carboxylic acids is 3. The molecular formula is C21H26O9. The van der Waals surface area contributed by atoms with Crippen LogP contribution in [0.4, 0.5) is 4.79 Å². The lowest BCUT2D eigenvalue weighted by atomic mass is 9.78. The third-order valence-corrected chi connectivity index (χ3v) is 5.05. The number of allylic oxidation sites excluding steroid dienone is 2. The molecule has 164 valence electrons. The summed E-state index contributed by atoms with van der Waals surface area (Å²) in [4.78, 5) is 35.0. The normalized spacial score (nSPS) is 30.2. The van der Waals surface area contributed by atoms with Crippen molar-refractivity contribution in [2.45, 2.75) is 51.3 Å². The Morgan fingerprint density at radius 2 is 1.90 bits per heavy atom. The van der Waals surface area contributed by atoms with E-state index in [1.54, 1.807) is 45.1 Å². The van der Waals surface area contributed by atoms with Gasteiger partial charge in [0.05, 0.1) is 25.2 Å². The number of hydrogen-bond acceptors (Lipinski definition) is 9. The lowest BCUT2D eigenvalue weighted by molar-refractivity contribution is -0.293. The summed E-state index contributed by atoms with van der Waals surface area (Å²) in [7, 11) is 0. The van der Waals surface area contributed by atoms with Crippen LogP contribution in [0.5, 0.6) is 0 Å². The summed E-state index contributed by atoms with van der Waals surface area (Å²) in [6, 6.07) is 0. The highest BCUT2D eigenvalue weighted by atomic mass is 16.8. The van der Waals surface area contributed by atoms with Crippen molar-refractivity contribution in [2.75, 3.05) is 19.8 Å². The van der Waals surface area contributed by atoms with Crippen molar-refractivity contribution < 1.29 is 42.8 Å². The predicted octanol–water partition coefficient (Wildman–Crippen LogP) is 2.21. The summed E-state index contributed by atoms with van der Waals surface area (Å²) >= 11 is 0. The van der Waals surface area contributed by atoms with Crippen LogP contribution in [0.2, 0.25) is 0 Å². The molecule has 3 heterocycles. The van der Waals surface area contributed by atoms with Crippen molar-refractivity contribution in [1.82, 2.24) is 0 Å². The molecule has 0 aromatic rings. The Balaban J connectivity index is 1.78. The highest BCUT2D eigenvalue weighted by molar-refractivity contribution is 5.84. The Labute approximate surface area is 174 Å². The SMILES string of the molecule is CCOC(=O)/C=C/C=C/C1([C@H]2C[C@@H](C3C=CC(=O)O3)OC(=O)O2)COC(C)(C)OC1. The molecule has 0 aromatic heterocycles. The van der Waals surface area contributed by atoms with E-state index >= 15 is 0 Å². The Hall–Kier alpha value is -2.65. The molecule has 3 atom stereocenters. The maximum Gasteiger partial charge on any atom is 0.509 e. The van der Waals surface area contributed by atoms with E-state index in [1.807, 2.05) is 0 Å². The van der Waals surface area contributed by atoms with Gasteiger partial charge in [-0.1, -0.05) is 18.2 Å². The minimum Gasteiger partial charge on any atom is -0.463 e. The van der Waals surface area contributed by atoms with Crippen LogP contribution in [-0.2, 0) is 38.0 Å². The molecule has 0 aromatic carbocycles. The number of carbonyl (C=O) groups is 3. The summed E-state index contributed by atoms with van der Waals surface area (Å²) in [5, 5.41) is 0. The van der Waals surface area contributed by atoms with Gasteiger partial charge in [0, 0.05) is 18.6 Å². The largest absolute Gasteiger partial charge is 0.509 e. The summed E-state index contributed by atoms with van der Waals surface area (Å²) in [5.41, 5.74) is -0.821. The minimum absolute atomic E-state index is 0.217. The highest BCUT2D eigenvalue weighted by Crippen LogP contribution is 2.40. The molecule has 0 bridgehead atoms. The molecular weight excluding hydrogens is 396 g/mol. The Morgan fingerprint density at radius 1 is 1.17 bits per heavy atom. The Bertz CT molecular complexity index is 754. The third-order valence-electron chi connectivity index (χ3n) is 5.05. The van der Waals surface area contributed by atoms with Gasteiger partial charge in [0.15, 0.2) is 11.9 Å². The molecule has 1 unspecified atom stereocenters. The first kappa shape index (κ1) is 22.0. The van der Waals surface area contributed by atoms with Crippen molar-refractivity contribution in [1.29, 1.82) is 0 Å². The fraction of sp³-hybridized carbons (Fsp3) is 0.571. The minimum atomic E-state index is -0.854. The molecule has 9 heteroatoms. The lowest BCUT2D eigenvalue weighted by Gasteiger charge is -2.47.